The predicted molar refractivity (Wildman–Crippen MR) is 53.5 cm³/mol. The van der Waals surface area contributed by atoms with Crippen LogP contribution in [0.4, 0.5) is 0 Å². The molecule has 0 saturated carbocycles. The monoisotopic (exact) mass is 220 g/mol. The van der Waals surface area contributed by atoms with Crippen molar-refractivity contribution in [3.8, 4) is 0 Å². The average molecular weight is 220 g/mol. The molecule has 0 amide bonds. The Hall–Kier alpha value is -0.130. The summed E-state index contributed by atoms with van der Waals surface area (Å²) >= 11 is 0. The van der Waals surface area contributed by atoms with Gasteiger partial charge in [-0.2, -0.15) is 8.42 Å². The van der Waals surface area contributed by atoms with Gasteiger partial charge in [0.25, 0.3) is 10.1 Å². The molecule has 5 heteroatoms. The Morgan fingerprint density at radius 2 is 1.64 bits per heavy atom. The molecule has 0 aromatic heterocycles. The molecule has 2 bridgehead atoms. The number of hydrogen-bond donors (Lipinski definition) is 1. The second-order valence-electron chi connectivity index (χ2n) is 4.75. The molecule has 0 aromatic rings. The Morgan fingerprint density at radius 3 is 2.07 bits per heavy atom. The van der Waals surface area contributed by atoms with Gasteiger partial charge in [0.05, 0.1) is 26.2 Å². The molecule has 0 unspecified atom stereocenters. The molecule has 3 heterocycles. The van der Waals surface area contributed by atoms with E-state index in [1.54, 1.807) is 0 Å². The van der Waals surface area contributed by atoms with Crippen molar-refractivity contribution in [1.82, 2.24) is 0 Å². The van der Waals surface area contributed by atoms with Gasteiger partial charge in [-0.1, -0.05) is 0 Å². The van der Waals surface area contributed by atoms with E-state index in [9.17, 15) is 8.42 Å². The zero-order chi connectivity index (χ0) is 10.2. The molecule has 0 aliphatic carbocycles. The lowest BCUT2D eigenvalue weighted by Gasteiger charge is -2.49. The summed E-state index contributed by atoms with van der Waals surface area (Å²) in [5.41, 5.74) is 0. The van der Waals surface area contributed by atoms with Crippen molar-refractivity contribution in [2.75, 3.05) is 31.9 Å². The smallest absolute Gasteiger partial charge is 0.270 e. The van der Waals surface area contributed by atoms with Crippen LogP contribution in [0, 0.1) is 5.92 Å². The van der Waals surface area contributed by atoms with E-state index in [-0.39, 0.29) is 5.75 Å². The van der Waals surface area contributed by atoms with Crippen molar-refractivity contribution in [2.24, 2.45) is 5.92 Å². The number of nitrogens with zero attached hydrogens (tertiary/aromatic N) is 1. The summed E-state index contributed by atoms with van der Waals surface area (Å²) in [7, 11) is -3.77. The first-order valence-corrected chi connectivity index (χ1v) is 6.90. The van der Waals surface area contributed by atoms with Crippen molar-refractivity contribution in [2.45, 2.75) is 19.3 Å². The average Bonchev–Trinajstić information content (AvgIpc) is 2.17. The Balaban J connectivity index is 1.95. The Labute approximate surface area is 85.2 Å². The lowest BCUT2D eigenvalue weighted by atomic mass is 9.86. The fourth-order valence-electron chi connectivity index (χ4n) is 2.78. The third-order valence-electron chi connectivity index (χ3n) is 3.86. The zero-order valence-electron chi connectivity index (χ0n) is 8.35. The van der Waals surface area contributed by atoms with Gasteiger partial charge in [-0.3, -0.25) is 4.55 Å². The van der Waals surface area contributed by atoms with Crippen LogP contribution in [-0.4, -0.2) is 49.4 Å². The molecule has 3 aliphatic rings. The minimum absolute atomic E-state index is 0.0718. The second-order valence-corrected chi connectivity index (χ2v) is 6.33. The second kappa shape index (κ2) is 3.47. The lowest BCUT2D eigenvalue weighted by molar-refractivity contribution is -0.940. The van der Waals surface area contributed by atoms with E-state index in [4.69, 9.17) is 4.55 Å². The normalized spacial score (nSPS) is 37.4. The number of hydrogen-bond acceptors (Lipinski definition) is 2. The molecule has 0 atom stereocenters. The van der Waals surface area contributed by atoms with Crippen LogP contribution in [0.25, 0.3) is 0 Å². The van der Waals surface area contributed by atoms with Gasteiger partial charge in [0.15, 0.2) is 0 Å². The molecule has 0 aromatic carbocycles. The largest absolute Gasteiger partial charge is 0.323 e. The van der Waals surface area contributed by atoms with E-state index in [2.05, 4.69) is 0 Å². The van der Waals surface area contributed by atoms with Crippen LogP contribution in [0.1, 0.15) is 19.3 Å². The van der Waals surface area contributed by atoms with Crippen LogP contribution < -0.4 is 0 Å². The van der Waals surface area contributed by atoms with Crippen LogP contribution >= 0.6 is 0 Å². The fourth-order valence-corrected chi connectivity index (χ4v) is 3.40. The summed E-state index contributed by atoms with van der Waals surface area (Å²) < 4.78 is 31.0. The van der Waals surface area contributed by atoms with E-state index in [0.717, 1.165) is 30.0 Å². The van der Waals surface area contributed by atoms with Crippen LogP contribution in [0.15, 0.2) is 0 Å². The van der Waals surface area contributed by atoms with E-state index < -0.39 is 10.1 Å². The topological polar surface area (TPSA) is 54.4 Å². The molecule has 14 heavy (non-hydrogen) atoms. The molecule has 3 rings (SSSR count). The minimum Gasteiger partial charge on any atom is -0.323 e. The first-order chi connectivity index (χ1) is 6.49. The van der Waals surface area contributed by atoms with Gasteiger partial charge in [-0.25, -0.2) is 0 Å². The van der Waals surface area contributed by atoms with Gasteiger partial charge in [-0.05, 0) is 25.2 Å². The fraction of sp³-hybridized carbons (Fsp3) is 1.00. The Kier molecular flexibility index (Phi) is 2.57. The number of quaternary nitrogens is 1. The highest BCUT2D eigenvalue weighted by atomic mass is 32.2. The molecule has 82 valence electrons. The van der Waals surface area contributed by atoms with Crippen molar-refractivity contribution >= 4 is 10.1 Å². The highest BCUT2D eigenvalue weighted by Gasteiger charge is 2.39. The van der Waals surface area contributed by atoms with Crippen molar-refractivity contribution in [1.29, 1.82) is 0 Å². The third-order valence-corrected chi connectivity index (χ3v) is 4.56. The maximum Gasteiger partial charge on any atom is 0.270 e. The molecule has 3 fully saturated rings. The third kappa shape index (κ3) is 2.27. The van der Waals surface area contributed by atoms with E-state index in [1.165, 1.54) is 19.3 Å². The van der Waals surface area contributed by atoms with Crippen molar-refractivity contribution in [3.63, 3.8) is 0 Å². The predicted octanol–water partition coefficient (Wildman–Crippen LogP) is 0.505. The highest BCUT2D eigenvalue weighted by Crippen LogP contribution is 2.33. The maximum atomic E-state index is 10.7. The summed E-state index contributed by atoms with van der Waals surface area (Å²) in [5, 5.41) is 0. The SMILES string of the molecule is O=S(=O)(O)CC[N+]12CCC(CC1)CC2. The van der Waals surface area contributed by atoms with Gasteiger partial charge in [0.2, 0.25) is 0 Å². The van der Waals surface area contributed by atoms with Crippen LogP contribution in [0.5, 0.6) is 0 Å². The van der Waals surface area contributed by atoms with E-state index in [1.807, 2.05) is 0 Å². The standard InChI is InChI=1S/C9H17NO3S/c11-14(12,13)8-7-10-4-1-9(2-5-10)3-6-10/h9H,1-8H2/p+1. The molecule has 3 aliphatic heterocycles. The van der Waals surface area contributed by atoms with Crippen LogP contribution in [-0.2, 0) is 10.1 Å². The van der Waals surface area contributed by atoms with Gasteiger partial charge >= 0.3 is 0 Å². The summed E-state index contributed by atoms with van der Waals surface area (Å²) in [5.74, 6) is 0.818. The molecule has 3 saturated heterocycles. The Bertz CT molecular complexity index is 290. The molecule has 1 N–H and O–H groups in total. The van der Waals surface area contributed by atoms with E-state index >= 15 is 0 Å². The number of rotatable bonds is 3. The minimum atomic E-state index is -3.77. The zero-order valence-corrected chi connectivity index (χ0v) is 9.17. The lowest BCUT2D eigenvalue weighted by Crippen LogP contribution is -2.59. The molecule has 0 spiro atoms. The number of piperidine rings is 3. The molecule has 4 nitrogen and oxygen atoms in total. The number of fused-ring (bicyclic) bond motifs is 3. The van der Waals surface area contributed by atoms with Gasteiger partial charge in [0.1, 0.15) is 5.75 Å². The first kappa shape index (κ1) is 10.4. The molecule has 0 radical (unpaired) electrons. The van der Waals surface area contributed by atoms with Gasteiger partial charge in [0, 0.05) is 0 Å². The summed E-state index contributed by atoms with van der Waals surface area (Å²) in [4.78, 5) is 0. The van der Waals surface area contributed by atoms with Crippen LogP contribution in [0.2, 0.25) is 0 Å². The first-order valence-electron chi connectivity index (χ1n) is 5.29. The van der Waals surface area contributed by atoms with Crippen molar-refractivity contribution in [3.05, 3.63) is 0 Å². The quantitative estimate of drug-likeness (QED) is 0.557. The van der Waals surface area contributed by atoms with Crippen molar-refractivity contribution < 1.29 is 17.5 Å². The van der Waals surface area contributed by atoms with Gasteiger partial charge < -0.3 is 4.48 Å². The van der Waals surface area contributed by atoms with Gasteiger partial charge in [-0.15, -0.1) is 0 Å². The van der Waals surface area contributed by atoms with E-state index in [0.29, 0.717) is 6.54 Å². The molecular formula is C9H18NO3S+. The van der Waals surface area contributed by atoms with Crippen LogP contribution in [0.3, 0.4) is 0 Å². The summed E-state index contributed by atoms with van der Waals surface area (Å²) in [6.45, 7) is 3.94. The Morgan fingerprint density at radius 1 is 1.14 bits per heavy atom. The summed E-state index contributed by atoms with van der Waals surface area (Å²) in [6, 6.07) is 0. The maximum absolute atomic E-state index is 10.7. The molecular weight excluding hydrogens is 202 g/mol. The summed E-state index contributed by atoms with van der Waals surface area (Å²) in [6.07, 6.45) is 3.72. The highest BCUT2D eigenvalue weighted by molar-refractivity contribution is 7.85.